The van der Waals surface area contributed by atoms with E-state index >= 15 is 0 Å². The van der Waals surface area contributed by atoms with E-state index in [-0.39, 0.29) is 0 Å². The van der Waals surface area contributed by atoms with Gasteiger partial charge in [0.15, 0.2) is 0 Å². The summed E-state index contributed by atoms with van der Waals surface area (Å²) in [5.41, 5.74) is 1.41. The summed E-state index contributed by atoms with van der Waals surface area (Å²) in [6, 6.07) is 11.4. The van der Waals surface area contributed by atoms with Gasteiger partial charge in [-0.05, 0) is 31.5 Å². The lowest BCUT2D eigenvalue weighted by atomic mass is 9.96. The lowest BCUT2D eigenvalue weighted by Crippen LogP contribution is -2.46. The number of hydrogen-bond acceptors (Lipinski definition) is 2. The SMILES string of the molecule is CC1CNCC(N(C)Cc2ccccc2)C1. The summed E-state index contributed by atoms with van der Waals surface area (Å²) < 4.78 is 0. The second kappa shape index (κ2) is 5.46. The zero-order chi connectivity index (χ0) is 11.4. The number of nitrogens with zero attached hydrogens (tertiary/aromatic N) is 1. The van der Waals surface area contributed by atoms with E-state index in [0.717, 1.165) is 19.0 Å². The van der Waals surface area contributed by atoms with Crippen molar-refractivity contribution in [2.24, 2.45) is 5.92 Å². The first-order valence-electron chi connectivity index (χ1n) is 6.20. The molecule has 1 saturated heterocycles. The Bertz CT molecular complexity index is 310. The van der Waals surface area contributed by atoms with Crippen molar-refractivity contribution in [2.45, 2.75) is 25.9 Å². The molecule has 16 heavy (non-hydrogen) atoms. The Morgan fingerprint density at radius 3 is 2.69 bits per heavy atom. The van der Waals surface area contributed by atoms with E-state index in [1.165, 1.54) is 18.5 Å². The van der Waals surface area contributed by atoms with Gasteiger partial charge in [0.05, 0.1) is 0 Å². The standard InChI is InChI=1S/C14H22N2/c1-12-8-14(10-15-9-12)16(2)11-13-6-4-3-5-7-13/h3-7,12,14-15H,8-11H2,1-2H3. The maximum absolute atomic E-state index is 3.51. The average molecular weight is 218 g/mol. The summed E-state index contributed by atoms with van der Waals surface area (Å²) in [4.78, 5) is 2.47. The van der Waals surface area contributed by atoms with Crippen LogP contribution in [0, 0.1) is 5.92 Å². The molecule has 1 aromatic carbocycles. The Kier molecular flexibility index (Phi) is 3.97. The van der Waals surface area contributed by atoms with Crippen molar-refractivity contribution in [2.75, 3.05) is 20.1 Å². The zero-order valence-electron chi connectivity index (χ0n) is 10.3. The van der Waals surface area contributed by atoms with Crippen LogP contribution in [-0.2, 0) is 6.54 Å². The van der Waals surface area contributed by atoms with Gasteiger partial charge in [0.2, 0.25) is 0 Å². The summed E-state index contributed by atoms with van der Waals surface area (Å²) in [5, 5.41) is 3.51. The van der Waals surface area contributed by atoms with Gasteiger partial charge in [-0.25, -0.2) is 0 Å². The fraction of sp³-hybridized carbons (Fsp3) is 0.571. The highest BCUT2D eigenvalue weighted by atomic mass is 15.2. The first-order valence-corrected chi connectivity index (χ1v) is 6.20. The zero-order valence-corrected chi connectivity index (χ0v) is 10.3. The molecule has 2 heteroatoms. The van der Waals surface area contributed by atoms with Crippen LogP contribution in [0.25, 0.3) is 0 Å². The molecule has 0 spiro atoms. The van der Waals surface area contributed by atoms with Gasteiger partial charge in [0.25, 0.3) is 0 Å². The van der Waals surface area contributed by atoms with Gasteiger partial charge in [-0.2, -0.15) is 0 Å². The summed E-state index contributed by atoms with van der Waals surface area (Å²) in [5.74, 6) is 0.803. The van der Waals surface area contributed by atoms with Crippen LogP contribution in [0.15, 0.2) is 30.3 Å². The van der Waals surface area contributed by atoms with E-state index in [1.54, 1.807) is 0 Å². The summed E-state index contributed by atoms with van der Waals surface area (Å²) in [7, 11) is 2.23. The van der Waals surface area contributed by atoms with E-state index in [0.29, 0.717) is 6.04 Å². The maximum atomic E-state index is 3.51. The molecule has 1 heterocycles. The normalized spacial score (nSPS) is 25.9. The predicted octanol–water partition coefficient (Wildman–Crippen LogP) is 2.12. The smallest absolute Gasteiger partial charge is 0.0234 e. The highest BCUT2D eigenvalue weighted by molar-refractivity contribution is 5.14. The fourth-order valence-electron chi connectivity index (χ4n) is 2.46. The molecule has 0 amide bonds. The van der Waals surface area contributed by atoms with Crippen LogP contribution >= 0.6 is 0 Å². The molecule has 2 rings (SSSR count). The third-order valence-corrected chi connectivity index (χ3v) is 3.45. The van der Waals surface area contributed by atoms with Crippen LogP contribution in [0.3, 0.4) is 0 Å². The van der Waals surface area contributed by atoms with Crippen molar-refractivity contribution >= 4 is 0 Å². The molecule has 2 atom stereocenters. The van der Waals surface area contributed by atoms with Gasteiger partial charge in [-0.3, -0.25) is 4.90 Å². The van der Waals surface area contributed by atoms with Crippen LogP contribution in [0.4, 0.5) is 0 Å². The van der Waals surface area contributed by atoms with Gasteiger partial charge in [-0.15, -0.1) is 0 Å². The molecule has 0 radical (unpaired) electrons. The Morgan fingerprint density at radius 1 is 1.25 bits per heavy atom. The third kappa shape index (κ3) is 3.06. The molecule has 0 bridgehead atoms. The van der Waals surface area contributed by atoms with Crippen LogP contribution in [-0.4, -0.2) is 31.1 Å². The van der Waals surface area contributed by atoms with Crippen LogP contribution in [0.1, 0.15) is 18.9 Å². The Morgan fingerprint density at radius 2 is 2.00 bits per heavy atom. The Balaban J connectivity index is 1.90. The molecule has 1 aromatic rings. The largest absolute Gasteiger partial charge is 0.315 e. The van der Waals surface area contributed by atoms with E-state index in [9.17, 15) is 0 Å². The predicted molar refractivity (Wildman–Crippen MR) is 68.3 cm³/mol. The number of piperidine rings is 1. The topological polar surface area (TPSA) is 15.3 Å². The molecular formula is C14H22N2. The van der Waals surface area contributed by atoms with E-state index in [1.807, 2.05) is 0 Å². The number of benzene rings is 1. The highest BCUT2D eigenvalue weighted by Gasteiger charge is 2.21. The first-order chi connectivity index (χ1) is 7.75. The Labute approximate surface area is 98.7 Å². The number of nitrogens with one attached hydrogen (secondary N) is 1. The quantitative estimate of drug-likeness (QED) is 0.836. The molecule has 0 aliphatic carbocycles. The molecular weight excluding hydrogens is 196 g/mol. The van der Waals surface area contributed by atoms with Crippen molar-refractivity contribution < 1.29 is 0 Å². The average Bonchev–Trinajstić information content (AvgIpc) is 2.30. The minimum absolute atomic E-state index is 0.684. The Hall–Kier alpha value is -0.860. The third-order valence-electron chi connectivity index (χ3n) is 3.45. The van der Waals surface area contributed by atoms with Crippen molar-refractivity contribution in [3.63, 3.8) is 0 Å². The fourth-order valence-corrected chi connectivity index (χ4v) is 2.46. The van der Waals surface area contributed by atoms with Crippen molar-refractivity contribution in [3.05, 3.63) is 35.9 Å². The van der Waals surface area contributed by atoms with E-state index < -0.39 is 0 Å². The van der Waals surface area contributed by atoms with Gasteiger partial charge in [0.1, 0.15) is 0 Å². The molecule has 88 valence electrons. The minimum Gasteiger partial charge on any atom is -0.315 e. The van der Waals surface area contributed by atoms with Crippen LogP contribution in [0.5, 0.6) is 0 Å². The van der Waals surface area contributed by atoms with Gasteiger partial charge < -0.3 is 5.32 Å². The van der Waals surface area contributed by atoms with Gasteiger partial charge in [-0.1, -0.05) is 37.3 Å². The number of likely N-dealkylation sites (N-methyl/N-ethyl adjacent to an activating group) is 1. The molecule has 1 N–H and O–H groups in total. The molecule has 1 aliphatic heterocycles. The lowest BCUT2D eigenvalue weighted by Gasteiger charge is -2.34. The van der Waals surface area contributed by atoms with Crippen molar-refractivity contribution in [1.29, 1.82) is 0 Å². The minimum atomic E-state index is 0.684. The lowest BCUT2D eigenvalue weighted by molar-refractivity contribution is 0.170. The van der Waals surface area contributed by atoms with Crippen molar-refractivity contribution in [1.82, 2.24) is 10.2 Å². The van der Waals surface area contributed by atoms with Gasteiger partial charge in [0, 0.05) is 19.1 Å². The molecule has 0 saturated carbocycles. The molecule has 1 aliphatic rings. The second-order valence-electron chi connectivity index (χ2n) is 5.05. The second-order valence-corrected chi connectivity index (χ2v) is 5.05. The molecule has 1 fully saturated rings. The highest BCUT2D eigenvalue weighted by Crippen LogP contribution is 2.16. The van der Waals surface area contributed by atoms with E-state index in [2.05, 4.69) is 54.5 Å². The molecule has 2 nitrogen and oxygen atoms in total. The summed E-state index contributed by atoms with van der Waals surface area (Å²) in [6.45, 7) is 5.69. The number of rotatable bonds is 3. The molecule has 2 unspecified atom stereocenters. The first kappa shape index (κ1) is 11.6. The van der Waals surface area contributed by atoms with Crippen LogP contribution < -0.4 is 5.32 Å². The summed E-state index contributed by atoms with van der Waals surface area (Å²) in [6.07, 6.45) is 1.32. The maximum Gasteiger partial charge on any atom is 0.0234 e. The van der Waals surface area contributed by atoms with E-state index in [4.69, 9.17) is 0 Å². The van der Waals surface area contributed by atoms with Gasteiger partial charge >= 0.3 is 0 Å². The summed E-state index contributed by atoms with van der Waals surface area (Å²) >= 11 is 0. The van der Waals surface area contributed by atoms with Crippen LogP contribution in [0.2, 0.25) is 0 Å². The molecule has 0 aromatic heterocycles. The van der Waals surface area contributed by atoms with Crippen molar-refractivity contribution in [3.8, 4) is 0 Å². The number of hydrogen-bond donors (Lipinski definition) is 1. The monoisotopic (exact) mass is 218 g/mol.